The molecule has 5 heteroatoms. The lowest BCUT2D eigenvalue weighted by Gasteiger charge is -2.36. The highest BCUT2D eigenvalue weighted by Crippen LogP contribution is 2.37. The lowest BCUT2D eigenvalue weighted by atomic mass is 10.1. The van der Waals surface area contributed by atoms with Crippen molar-refractivity contribution in [1.82, 2.24) is 0 Å². The highest BCUT2D eigenvalue weighted by Gasteiger charge is 2.40. The molecule has 0 aliphatic carbocycles. The van der Waals surface area contributed by atoms with E-state index in [1.165, 1.54) is 0 Å². The number of carbonyl (C=O) groups is 2. The molecule has 0 saturated carbocycles. The minimum atomic E-state index is -1.84. The maximum Gasteiger partial charge on any atom is 0.319 e. The Morgan fingerprint density at radius 1 is 1.38 bits per heavy atom. The summed E-state index contributed by atoms with van der Waals surface area (Å²) in [6, 6.07) is 0. The summed E-state index contributed by atoms with van der Waals surface area (Å²) in [6.07, 6.45) is 0.160. The van der Waals surface area contributed by atoms with Gasteiger partial charge in [-0.05, 0) is 18.1 Å². The number of rotatable bonds is 3. The summed E-state index contributed by atoms with van der Waals surface area (Å²) < 4.78 is 10.4. The molecule has 16 heavy (non-hydrogen) atoms. The van der Waals surface area contributed by atoms with Gasteiger partial charge in [-0.1, -0.05) is 20.8 Å². The van der Waals surface area contributed by atoms with Gasteiger partial charge >= 0.3 is 11.9 Å². The van der Waals surface area contributed by atoms with Gasteiger partial charge in [0.1, 0.15) is 0 Å². The predicted octanol–water partition coefficient (Wildman–Crippen LogP) is 2.10. The molecule has 92 valence electrons. The van der Waals surface area contributed by atoms with Crippen LogP contribution in [0, 0.1) is 5.92 Å². The van der Waals surface area contributed by atoms with Crippen LogP contribution in [0.2, 0.25) is 18.1 Å². The van der Waals surface area contributed by atoms with Gasteiger partial charge in [-0.2, -0.15) is 0 Å². The first-order valence-electron chi connectivity index (χ1n) is 5.52. The fourth-order valence-corrected chi connectivity index (χ4v) is 2.22. The van der Waals surface area contributed by atoms with E-state index in [2.05, 4.69) is 38.6 Å². The molecule has 4 nitrogen and oxygen atoms in total. The Bertz CT molecular complexity index is 304. The van der Waals surface area contributed by atoms with Crippen LogP contribution in [0.3, 0.4) is 0 Å². The van der Waals surface area contributed by atoms with E-state index >= 15 is 0 Å². The van der Waals surface area contributed by atoms with Gasteiger partial charge in [0, 0.05) is 6.61 Å². The van der Waals surface area contributed by atoms with Crippen LogP contribution in [-0.2, 0) is 18.8 Å². The third kappa shape index (κ3) is 2.92. The molecule has 1 aliphatic rings. The van der Waals surface area contributed by atoms with E-state index in [-0.39, 0.29) is 11.5 Å². The molecule has 0 amide bonds. The number of ether oxygens (including phenoxy) is 1. The Morgan fingerprint density at radius 3 is 2.31 bits per heavy atom. The van der Waals surface area contributed by atoms with Crippen molar-refractivity contribution in [3.05, 3.63) is 0 Å². The second-order valence-corrected chi connectivity index (χ2v) is 10.6. The molecule has 1 rings (SSSR count). The summed E-state index contributed by atoms with van der Waals surface area (Å²) in [5.41, 5.74) is 0. The molecule has 0 radical (unpaired) electrons. The number of esters is 2. The average molecular weight is 244 g/mol. The summed E-state index contributed by atoms with van der Waals surface area (Å²) >= 11 is 0. The summed E-state index contributed by atoms with van der Waals surface area (Å²) in [4.78, 5) is 22.1. The van der Waals surface area contributed by atoms with Gasteiger partial charge in [0.15, 0.2) is 8.32 Å². The van der Waals surface area contributed by atoms with Crippen molar-refractivity contribution >= 4 is 20.3 Å². The van der Waals surface area contributed by atoms with E-state index in [4.69, 9.17) is 4.43 Å². The third-order valence-electron chi connectivity index (χ3n) is 3.41. The van der Waals surface area contributed by atoms with Crippen LogP contribution in [-0.4, -0.2) is 26.9 Å². The monoisotopic (exact) mass is 244 g/mol. The van der Waals surface area contributed by atoms with Crippen LogP contribution in [0.25, 0.3) is 0 Å². The zero-order valence-electron chi connectivity index (χ0n) is 10.6. The molecule has 0 aromatic carbocycles. The molecule has 1 saturated heterocycles. The summed E-state index contributed by atoms with van der Waals surface area (Å²) in [5.74, 6) is -1.28. The first kappa shape index (κ1) is 13.4. The largest absolute Gasteiger partial charge is 0.416 e. The third-order valence-corrected chi connectivity index (χ3v) is 7.91. The van der Waals surface area contributed by atoms with Gasteiger partial charge in [0.25, 0.3) is 0 Å². The standard InChI is InChI=1S/C11H20O4Si/c1-11(2,3)16(4,5)14-7-8-6-9(12)15-10(8)13/h8H,6-7H2,1-5H3/t8-/m1/s1. The highest BCUT2D eigenvalue weighted by molar-refractivity contribution is 6.74. The summed E-state index contributed by atoms with van der Waals surface area (Å²) in [6.45, 7) is 11.0. The normalized spacial score (nSPS) is 22.4. The molecule has 1 atom stereocenters. The molecule has 1 aliphatic heterocycles. The highest BCUT2D eigenvalue weighted by atomic mass is 28.4. The minimum absolute atomic E-state index is 0.111. The number of hydrogen-bond acceptors (Lipinski definition) is 4. The predicted molar refractivity (Wildman–Crippen MR) is 62.4 cm³/mol. The zero-order chi connectivity index (χ0) is 12.6. The molecule has 0 spiro atoms. The van der Waals surface area contributed by atoms with E-state index in [0.29, 0.717) is 6.61 Å². The molecule has 1 heterocycles. The zero-order valence-corrected chi connectivity index (χ0v) is 11.6. The second kappa shape index (κ2) is 4.29. The Labute approximate surface area is 97.4 Å². The summed E-state index contributed by atoms with van der Waals surface area (Å²) in [5, 5.41) is 0.111. The van der Waals surface area contributed by atoms with Crippen molar-refractivity contribution in [2.24, 2.45) is 5.92 Å². The maximum absolute atomic E-state index is 11.2. The van der Waals surface area contributed by atoms with Crippen LogP contribution >= 0.6 is 0 Å². The van der Waals surface area contributed by atoms with Gasteiger partial charge in [-0.25, -0.2) is 0 Å². The van der Waals surface area contributed by atoms with E-state index in [0.717, 1.165) is 0 Å². The lowest BCUT2D eigenvalue weighted by Crippen LogP contribution is -2.42. The molecule has 0 unspecified atom stereocenters. The molecule has 0 N–H and O–H groups in total. The van der Waals surface area contributed by atoms with Crippen LogP contribution in [0.5, 0.6) is 0 Å². The van der Waals surface area contributed by atoms with E-state index < -0.39 is 26.2 Å². The average Bonchev–Trinajstić information content (AvgIpc) is 2.39. The van der Waals surface area contributed by atoms with Crippen molar-refractivity contribution in [3.8, 4) is 0 Å². The number of cyclic esters (lactones) is 2. The Morgan fingerprint density at radius 2 is 1.94 bits per heavy atom. The number of hydrogen-bond donors (Lipinski definition) is 0. The van der Waals surface area contributed by atoms with E-state index in [1.54, 1.807) is 0 Å². The Kier molecular flexibility index (Phi) is 3.59. The first-order valence-corrected chi connectivity index (χ1v) is 8.43. The maximum atomic E-state index is 11.2. The van der Waals surface area contributed by atoms with Gasteiger partial charge in [-0.15, -0.1) is 0 Å². The molecule has 0 aromatic rings. The Hall–Kier alpha value is -0.683. The fraction of sp³-hybridized carbons (Fsp3) is 0.818. The topological polar surface area (TPSA) is 52.6 Å². The van der Waals surface area contributed by atoms with Gasteiger partial charge < -0.3 is 9.16 Å². The van der Waals surface area contributed by atoms with E-state index in [9.17, 15) is 9.59 Å². The van der Waals surface area contributed by atoms with Gasteiger partial charge in [0.2, 0.25) is 0 Å². The minimum Gasteiger partial charge on any atom is -0.416 e. The molecular weight excluding hydrogens is 224 g/mol. The quantitative estimate of drug-likeness (QED) is 0.433. The lowest BCUT2D eigenvalue weighted by molar-refractivity contribution is -0.153. The van der Waals surface area contributed by atoms with Crippen LogP contribution in [0.4, 0.5) is 0 Å². The van der Waals surface area contributed by atoms with Crippen molar-refractivity contribution in [2.45, 2.75) is 45.3 Å². The van der Waals surface area contributed by atoms with Crippen molar-refractivity contribution in [1.29, 1.82) is 0 Å². The molecular formula is C11H20O4Si. The van der Waals surface area contributed by atoms with E-state index in [1.807, 2.05) is 0 Å². The van der Waals surface area contributed by atoms with Gasteiger partial charge in [-0.3, -0.25) is 9.59 Å². The van der Waals surface area contributed by atoms with Crippen LogP contribution in [0.15, 0.2) is 0 Å². The SMILES string of the molecule is CC(C)(C)[Si](C)(C)OC[C@H]1CC(=O)OC1=O. The molecule has 1 fully saturated rings. The second-order valence-electron chi connectivity index (χ2n) is 5.77. The van der Waals surface area contributed by atoms with Crippen molar-refractivity contribution < 1.29 is 18.8 Å². The Balaban J connectivity index is 2.52. The molecule has 0 bridgehead atoms. The van der Waals surface area contributed by atoms with Crippen LogP contribution < -0.4 is 0 Å². The van der Waals surface area contributed by atoms with Crippen molar-refractivity contribution in [2.75, 3.05) is 6.61 Å². The number of carbonyl (C=O) groups excluding carboxylic acids is 2. The summed E-state index contributed by atoms with van der Waals surface area (Å²) in [7, 11) is -1.84. The first-order chi connectivity index (χ1) is 7.13. The fourth-order valence-electron chi connectivity index (χ4n) is 1.17. The van der Waals surface area contributed by atoms with Crippen molar-refractivity contribution in [3.63, 3.8) is 0 Å². The van der Waals surface area contributed by atoms with Crippen LogP contribution in [0.1, 0.15) is 27.2 Å². The molecule has 0 aromatic heterocycles. The smallest absolute Gasteiger partial charge is 0.319 e. The van der Waals surface area contributed by atoms with Gasteiger partial charge in [0.05, 0.1) is 12.3 Å².